The maximum absolute atomic E-state index is 15.3. The second kappa shape index (κ2) is 8.87. The zero-order valence-corrected chi connectivity index (χ0v) is 19.1. The molecule has 1 aliphatic heterocycles. The first-order valence-corrected chi connectivity index (χ1v) is 10.9. The fourth-order valence-corrected chi connectivity index (χ4v) is 3.95. The summed E-state index contributed by atoms with van der Waals surface area (Å²) < 4.78 is 44.9. The molecule has 3 heterocycles. The Balaban J connectivity index is 1.45. The highest BCUT2D eigenvalue weighted by molar-refractivity contribution is 5.98. The van der Waals surface area contributed by atoms with Gasteiger partial charge in [-0.15, -0.1) is 0 Å². The summed E-state index contributed by atoms with van der Waals surface area (Å²) >= 11 is 0. The number of amides is 1. The summed E-state index contributed by atoms with van der Waals surface area (Å²) in [7, 11) is 3.43. The SMILES string of the molecule is [2H]C1([2H])c2ncccc2C(=O)N1Cc1ccc(-c2ccc(OC[C@@H](C)OC)c3nn(C)cc23)cc1F. The van der Waals surface area contributed by atoms with Crippen molar-refractivity contribution in [2.75, 3.05) is 13.7 Å². The molecule has 1 atom stereocenters. The second-order valence-corrected chi connectivity index (χ2v) is 8.24. The molecule has 2 aromatic carbocycles. The van der Waals surface area contributed by atoms with Crippen LogP contribution in [0, 0.1) is 5.82 Å². The lowest BCUT2D eigenvalue weighted by molar-refractivity contribution is 0.0721. The number of carbonyl (C=O) groups excluding carboxylic acids is 1. The molecule has 0 N–H and O–H groups in total. The summed E-state index contributed by atoms with van der Waals surface area (Å²) in [6, 6.07) is 11.5. The van der Waals surface area contributed by atoms with Crippen LogP contribution in [-0.2, 0) is 24.8 Å². The molecule has 0 aliphatic carbocycles. The van der Waals surface area contributed by atoms with Gasteiger partial charge in [0.25, 0.3) is 5.91 Å². The van der Waals surface area contributed by atoms with Gasteiger partial charge in [-0.3, -0.25) is 14.5 Å². The van der Waals surface area contributed by atoms with Gasteiger partial charge in [-0.25, -0.2) is 4.39 Å². The van der Waals surface area contributed by atoms with E-state index in [1.807, 2.05) is 26.2 Å². The van der Waals surface area contributed by atoms with Crippen LogP contribution in [0.3, 0.4) is 0 Å². The Morgan fingerprint density at radius 3 is 2.85 bits per heavy atom. The van der Waals surface area contributed by atoms with Crippen molar-refractivity contribution in [1.29, 1.82) is 0 Å². The molecule has 0 saturated heterocycles. The van der Waals surface area contributed by atoms with Crippen molar-refractivity contribution in [1.82, 2.24) is 19.7 Å². The number of fused-ring (bicyclic) bond motifs is 2. The van der Waals surface area contributed by atoms with Gasteiger partial charge >= 0.3 is 0 Å². The third kappa shape index (κ3) is 4.01. The fraction of sp³-hybridized carbons (Fsp3) is 0.269. The summed E-state index contributed by atoms with van der Waals surface area (Å²) in [6.07, 6.45) is 3.21. The molecular formula is C26H25FN4O3. The molecule has 0 saturated carbocycles. The second-order valence-electron chi connectivity index (χ2n) is 8.24. The maximum atomic E-state index is 15.3. The Morgan fingerprint density at radius 2 is 2.09 bits per heavy atom. The van der Waals surface area contributed by atoms with Crippen molar-refractivity contribution in [3.63, 3.8) is 0 Å². The standard InChI is InChI=1S/C26H25FN4O3/c1-16(33-3)15-34-24-9-8-19(21-13-30(2)29-25(21)24)17-6-7-18(22(27)11-17)12-31-14-23-20(26(31)32)5-4-10-28-23/h4-11,13,16H,12,14-15H2,1-3H3/t16-/m1/s1/i14D2. The smallest absolute Gasteiger partial charge is 0.256 e. The van der Waals surface area contributed by atoms with E-state index in [2.05, 4.69) is 10.1 Å². The van der Waals surface area contributed by atoms with Gasteiger partial charge in [0.2, 0.25) is 0 Å². The number of halogens is 1. The molecule has 0 unspecified atom stereocenters. The van der Waals surface area contributed by atoms with E-state index in [0.29, 0.717) is 23.4 Å². The fourth-order valence-electron chi connectivity index (χ4n) is 3.95. The summed E-state index contributed by atoms with van der Waals surface area (Å²) in [4.78, 5) is 17.9. The predicted molar refractivity (Wildman–Crippen MR) is 126 cm³/mol. The van der Waals surface area contributed by atoms with Crippen LogP contribution in [0.1, 0.15) is 31.3 Å². The van der Waals surface area contributed by atoms with Gasteiger partial charge < -0.3 is 14.4 Å². The highest BCUT2D eigenvalue weighted by Gasteiger charge is 2.28. The Labute approximate surface area is 199 Å². The molecule has 0 radical (unpaired) electrons. The molecule has 4 aromatic rings. The van der Waals surface area contributed by atoms with Crippen LogP contribution in [-0.4, -0.2) is 45.4 Å². The van der Waals surface area contributed by atoms with Gasteiger partial charge in [0.15, 0.2) is 0 Å². The van der Waals surface area contributed by atoms with Crippen molar-refractivity contribution in [2.45, 2.75) is 26.1 Å². The zero-order valence-electron chi connectivity index (χ0n) is 21.1. The van der Waals surface area contributed by atoms with E-state index in [1.54, 1.807) is 36.1 Å². The van der Waals surface area contributed by atoms with Crippen molar-refractivity contribution in [2.24, 2.45) is 7.05 Å². The molecule has 1 aliphatic rings. The number of carbonyl (C=O) groups is 1. The Kier molecular flexibility index (Phi) is 5.13. The van der Waals surface area contributed by atoms with Crippen molar-refractivity contribution in [3.8, 4) is 16.9 Å². The van der Waals surface area contributed by atoms with Gasteiger partial charge in [0.1, 0.15) is 23.7 Å². The number of hydrogen-bond acceptors (Lipinski definition) is 5. The zero-order chi connectivity index (χ0) is 25.6. The molecule has 174 valence electrons. The minimum atomic E-state index is -2.13. The van der Waals surface area contributed by atoms with Gasteiger partial charge in [0.05, 0.1) is 26.6 Å². The lowest BCUT2D eigenvalue weighted by atomic mass is 9.99. The number of rotatable bonds is 7. The number of aryl methyl sites for hydroxylation is 1. The van der Waals surface area contributed by atoms with Gasteiger partial charge in [0, 0.05) is 44.0 Å². The van der Waals surface area contributed by atoms with E-state index in [1.165, 1.54) is 18.3 Å². The summed E-state index contributed by atoms with van der Waals surface area (Å²) in [5.41, 5.74) is 2.52. The van der Waals surface area contributed by atoms with E-state index in [9.17, 15) is 4.79 Å². The Hall–Kier alpha value is -3.78. The van der Waals surface area contributed by atoms with Crippen LogP contribution in [0.2, 0.25) is 0 Å². The van der Waals surface area contributed by atoms with Crippen LogP contribution < -0.4 is 4.74 Å². The molecule has 34 heavy (non-hydrogen) atoms. The number of aromatic nitrogens is 3. The third-order valence-electron chi connectivity index (χ3n) is 5.85. The van der Waals surface area contributed by atoms with Crippen molar-refractivity contribution < 1.29 is 21.4 Å². The number of benzene rings is 2. The molecular weight excluding hydrogens is 435 g/mol. The number of nitrogens with zero attached hydrogens (tertiary/aromatic N) is 4. The minimum Gasteiger partial charge on any atom is -0.489 e. The third-order valence-corrected chi connectivity index (χ3v) is 5.85. The van der Waals surface area contributed by atoms with E-state index >= 15 is 4.39 Å². The van der Waals surface area contributed by atoms with Crippen LogP contribution in [0.4, 0.5) is 4.39 Å². The first kappa shape index (κ1) is 19.7. The molecule has 8 heteroatoms. The Morgan fingerprint density at radius 1 is 1.24 bits per heavy atom. The predicted octanol–water partition coefficient (Wildman–Crippen LogP) is 4.34. The molecule has 2 aromatic heterocycles. The molecule has 7 nitrogen and oxygen atoms in total. The maximum Gasteiger partial charge on any atom is 0.256 e. The topological polar surface area (TPSA) is 69.5 Å². The number of methoxy groups -OCH3 is 1. The summed E-state index contributed by atoms with van der Waals surface area (Å²) in [6.45, 7) is -0.0739. The van der Waals surface area contributed by atoms with Crippen LogP contribution >= 0.6 is 0 Å². The van der Waals surface area contributed by atoms with Gasteiger partial charge in [-0.05, 0) is 48.4 Å². The first-order chi connectivity index (χ1) is 17.2. The number of pyridine rings is 1. The van der Waals surface area contributed by atoms with Crippen molar-refractivity contribution >= 4 is 16.8 Å². The Bertz CT molecular complexity index is 1470. The van der Waals surface area contributed by atoms with Crippen LogP contribution in [0.5, 0.6) is 5.75 Å². The van der Waals surface area contributed by atoms with E-state index < -0.39 is 18.2 Å². The van der Waals surface area contributed by atoms with Gasteiger partial charge in [-0.2, -0.15) is 5.10 Å². The highest BCUT2D eigenvalue weighted by Crippen LogP contribution is 2.35. The lowest BCUT2D eigenvalue weighted by Crippen LogP contribution is -2.23. The van der Waals surface area contributed by atoms with Crippen LogP contribution in [0.25, 0.3) is 22.0 Å². The van der Waals surface area contributed by atoms with E-state index in [-0.39, 0.29) is 29.5 Å². The average molecular weight is 463 g/mol. The average Bonchev–Trinajstić information content (AvgIpc) is 3.34. The van der Waals surface area contributed by atoms with Crippen LogP contribution in [0.15, 0.2) is 54.9 Å². The largest absolute Gasteiger partial charge is 0.489 e. The highest BCUT2D eigenvalue weighted by atomic mass is 19.1. The lowest BCUT2D eigenvalue weighted by Gasteiger charge is -2.16. The first-order valence-electron chi connectivity index (χ1n) is 11.9. The molecule has 0 fully saturated rings. The number of ether oxygens (including phenoxy) is 2. The molecule has 1 amide bonds. The molecule has 5 rings (SSSR count). The van der Waals surface area contributed by atoms with Crippen molar-refractivity contribution in [3.05, 3.63) is 77.5 Å². The monoisotopic (exact) mass is 462 g/mol. The number of hydrogen-bond donors (Lipinski definition) is 0. The summed E-state index contributed by atoms with van der Waals surface area (Å²) in [5, 5.41) is 5.33. The van der Waals surface area contributed by atoms with E-state index in [4.69, 9.17) is 12.2 Å². The molecule has 0 spiro atoms. The quantitative estimate of drug-likeness (QED) is 0.409. The summed E-state index contributed by atoms with van der Waals surface area (Å²) in [5.74, 6) is -0.438. The minimum absolute atomic E-state index is 0.0493. The van der Waals surface area contributed by atoms with Gasteiger partial charge in [-0.1, -0.05) is 12.1 Å². The van der Waals surface area contributed by atoms with E-state index in [0.717, 1.165) is 15.8 Å². The normalized spacial score (nSPS) is 16.4. The molecule has 0 bridgehead atoms.